The Bertz CT molecular complexity index is 699. The van der Waals surface area contributed by atoms with Crippen LogP contribution in [0.3, 0.4) is 0 Å². The first kappa shape index (κ1) is 12.8. The molecule has 0 aliphatic carbocycles. The standard InChI is InChI=1S/C14H13N3O2/c1-10-5-14(18)17(16-8-10)9-11-3-4-12(7-15)13(6-11)19-2/h3-6,8H,9H2,1-2H3. The fraction of sp³-hybridized carbons (Fsp3) is 0.214. The van der Waals surface area contributed by atoms with Gasteiger partial charge in [-0.1, -0.05) is 6.07 Å². The summed E-state index contributed by atoms with van der Waals surface area (Å²) in [5.74, 6) is 0.500. The summed E-state index contributed by atoms with van der Waals surface area (Å²) < 4.78 is 6.50. The molecule has 0 radical (unpaired) electrons. The van der Waals surface area contributed by atoms with E-state index in [9.17, 15) is 4.79 Å². The molecule has 5 heteroatoms. The van der Waals surface area contributed by atoms with Crippen LogP contribution in [0, 0.1) is 18.3 Å². The lowest BCUT2D eigenvalue weighted by Gasteiger charge is -2.07. The van der Waals surface area contributed by atoms with E-state index in [1.165, 1.54) is 17.9 Å². The zero-order chi connectivity index (χ0) is 13.8. The second-order valence-electron chi connectivity index (χ2n) is 4.18. The van der Waals surface area contributed by atoms with E-state index in [0.29, 0.717) is 17.9 Å². The quantitative estimate of drug-likeness (QED) is 0.833. The summed E-state index contributed by atoms with van der Waals surface area (Å²) in [4.78, 5) is 11.7. The average Bonchev–Trinajstić information content (AvgIpc) is 2.41. The largest absolute Gasteiger partial charge is 0.495 e. The van der Waals surface area contributed by atoms with Crippen molar-refractivity contribution in [3.8, 4) is 11.8 Å². The van der Waals surface area contributed by atoms with Crippen molar-refractivity contribution in [1.82, 2.24) is 9.78 Å². The van der Waals surface area contributed by atoms with Gasteiger partial charge in [-0.2, -0.15) is 10.4 Å². The van der Waals surface area contributed by atoms with Gasteiger partial charge in [0.2, 0.25) is 0 Å². The minimum Gasteiger partial charge on any atom is -0.495 e. The van der Waals surface area contributed by atoms with E-state index in [-0.39, 0.29) is 5.56 Å². The second kappa shape index (κ2) is 5.36. The molecule has 1 aromatic carbocycles. The monoisotopic (exact) mass is 255 g/mol. The molecule has 0 aliphatic heterocycles. The lowest BCUT2D eigenvalue weighted by atomic mass is 10.1. The fourth-order valence-electron chi connectivity index (χ4n) is 1.74. The molecule has 5 nitrogen and oxygen atoms in total. The van der Waals surface area contributed by atoms with E-state index in [1.54, 1.807) is 24.4 Å². The molecule has 0 unspecified atom stereocenters. The van der Waals surface area contributed by atoms with E-state index < -0.39 is 0 Å². The van der Waals surface area contributed by atoms with Gasteiger partial charge in [-0.15, -0.1) is 0 Å². The van der Waals surface area contributed by atoms with Crippen molar-refractivity contribution in [2.45, 2.75) is 13.5 Å². The van der Waals surface area contributed by atoms with Crippen LogP contribution in [0.15, 0.2) is 35.3 Å². The Morgan fingerprint density at radius 2 is 2.21 bits per heavy atom. The molecular weight excluding hydrogens is 242 g/mol. The molecule has 0 fully saturated rings. The van der Waals surface area contributed by atoms with E-state index >= 15 is 0 Å². The molecule has 0 atom stereocenters. The normalized spacial score (nSPS) is 9.95. The zero-order valence-electron chi connectivity index (χ0n) is 10.8. The number of nitriles is 1. The summed E-state index contributed by atoms with van der Waals surface area (Å²) in [7, 11) is 1.51. The van der Waals surface area contributed by atoms with Gasteiger partial charge < -0.3 is 4.74 Å². The third kappa shape index (κ3) is 2.80. The van der Waals surface area contributed by atoms with Crippen LogP contribution in [0.4, 0.5) is 0 Å². The lowest BCUT2D eigenvalue weighted by molar-refractivity contribution is 0.412. The maximum atomic E-state index is 11.7. The molecule has 1 heterocycles. The minimum atomic E-state index is -0.150. The van der Waals surface area contributed by atoms with Crippen molar-refractivity contribution in [2.75, 3.05) is 7.11 Å². The van der Waals surface area contributed by atoms with E-state index in [0.717, 1.165) is 11.1 Å². The van der Waals surface area contributed by atoms with Crippen LogP contribution in [0.5, 0.6) is 5.75 Å². The highest BCUT2D eigenvalue weighted by Crippen LogP contribution is 2.19. The van der Waals surface area contributed by atoms with Crippen LogP contribution in [0.25, 0.3) is 0 Å². The smallest absolute Gasteiger partial charge is 0.267 e. The van der Waals surface area contributed by atoms with Crippen LogP contribution in [0.2, 0.25) is 0 Å². The molecule has 19 heavy (non-hydrogen) atoms. The number of hydrogen-bond acceptors (Lipinski definition) is 4. The number of ether oxygens (including phenoxy) is 1. The first-order chi connectivity index (χ1) is 9.13. The summed E-state index contributed by atoms with van der Waals surface area (Å²) in [6.07, 6.45) is 1.64. The molecule has 0 N–H and O–H groups in total. The van der Waals surface area contributed by atoms with Crippen molar-refractivity contribution in [2.24, 2.45) is 0 Å². The lowest BCUT2D eigenvalue weighted by Crippen LogP contribution is -2.22. The summed E-state index contributed by atoms with van der Waals surface area (Å²) in [6.45, 7) is 2.17. The molecule has 2 aromatic rings. The maximum Gasteiger partial charge on any atom is 0.267 e. The Hall–Kier alpha value is -2.61. The molecule has 0 saturated carbocycles. The predicted molar refractivity (Wildman–Crippen MR) is 70.0 cm³/mol. The molecule has 0 bridgehead atoms. The van der Waals surface area contributed by atoms with E-state index in [1.807, 2.05) is 13.0 Å². The Kier molecular flexibility index (Phi) is 3.62. The van der Waals surface area contributed by atoms with Gasteiger partial charge in [0.25, 0.3) is 5.56 Å². The number of aryl methyl sites for hydroxylation is 1. The molecule has 1 aromatic heterocycles. The van der Waals surface area contributed by atoms with Gasteiger partial charge in [-0.25, -0.2) is 4.68 Å². The van der Waals surface area contributed by atoms with Gasteiger partial charge in [0, 0.05) is 6.07 Å². The van der Waals surface area contributed by atoms with Crippen LogP contribution in [-0.2, 0) is 6.54 Å². The molecule has 0 aliphatic rings. The number of aromatic nitrogens is 2. The summed E-state index contributed by atoms with van der Waals surface area (Å²) in [5, 5.41) is 13.0. The topological polar surface area (TPSA) is 67.9 Å². The molecule has 0 saturated heterocycles. The van der Waals surface area contributed by atoms with Gasteiger partial charge in [-0.05, 0) is 30.2 Å². The fourth-order valence-corrected chi connectivity index (χ4v) is 1.74. The van der Waals surface area contributed by atoms with Gasteiger partial charge in [0.05, 0.1) is 25.4 Å². The van der Waals surface area contributed by atoms with Gasteiger partial charge in [0.1, 0.15) is 11.8 Å². The molecule has 2 rings (SSSR count). The SMILES string of the molecule is COc1cc(Cn2ncc(C)cc2=O)ccc1C#N. The highest BCUT2D eigenvalue weighted by molar-refractivity contribution is 5.45. The van der Waals surface area contributed by atoms with Crippen molar-refractivity contribution < 1.29 is 4.74 Å². The Morgan fingerprint density at radius 3 is 2.84 bits per heavy atom. The van der Waals surface area contributed by atoms with Crippen LogP contribution >= 0.6 is 0 Å². The van der Waals surface area contributed by atoms with Gasteiger partial charge in [0.15, 0.2) is 0 Å². The number of nitrogens with zero attached hydrogens (tertiary/aromatic N) is 3. The van der Waals surface area contributed by atoms with Crippen LogP contribution in [-0.4, -0.2) is 16.9 Å². The van der Waals surface area contributed by atoms with Crippen molar-refractivity contribution >= 4 is 0 Å². The number of methoxy groups -OCH3 is 1. The van der Waals surface area contributed by atoms with E-state index in [2.05, 4.69) is 5.10 Å². The van der Waals surface area contributed by atoms with Gasteiger partial charge >= 0.3 is 0 Å². The highest BCUT2D eigenvalue weighted by atomic mass is 16.5. The van der Waals surface area contributed by atoms with Crippen LogP contribution in [0.1, 0.15) is 16.7 Å². The van der Waals surface area contributed by atoms with Crippen molar-refractivity contribution in [1.29, 1.82) is 5.26 Å². The molecular formula is C14H13N3O2. The third-order valence-electron chi connectivity index (χ3n) is 2.73. The first-order valence-corrected chi connectivity index (χ1v) is 5.75. The average molecular weight is 255 g/mol. The third-order valence-corrected chi connectivity index (χ3v) is 2.73. The first-order valence-electron chi connectivity index (χ1n) is 5.75. The highest BCUT2D eigenvalue weighted by Gasteiger charge is 2.05. The maximum absolute atomic E-state index is 11.7. The van der Waals surface area contributed by atoms with E-state index in [4.69, 9.17) is 10.00 Å². The predicted octanol–water partition coefficient (Wildman–Crippen LogP) is 1.48. The minimum absolute atomic E-state index is 0.150. The Morgan fingerprint density at radius 1 is 1.42 bits per heavy atom. The van der Waals surface area contributed by atoms with Gasteiger partial charge in [-0.3, -0.25) is 4.79 Å². The Labute approximate surface area is 110 Å². The number of benzene rings is 1. The molecule has 0 amide bonds. The van der Waals surface area contributed by atoms with Crippen molar-refractivity contribution in [3.05, 3.63) is 57.5 Å². The summed E-state index contributed by atoms with van der Waals surface area (Å²) >= 11 is 0. The second-order valence-corrected chi connectivity index (χ2v) is 4.18. The number of hydrogen-bond donors (Lipinski definition) is 0. The zero-order valence-corrected chi connectivity index (χ0v) is 10.8. The number of rotatable bonds is 3. The molecule has 96 valence electrons. The van der Waals surface area contributed by atoms with Crippen LogP contribution < -0.4 is 10.3 Å². The van der Waals surface area contributed by atoms with Crippen molar-refractivity contribution in [3.63, 3.8) is 0 Å². The summed E-state index contributed by atoms with van der Waals surface area (Å²) in [6, 6.07) is 8.79. The summed E-state index contributed by atoms with van der Waals surface area (Å²) in [5.41, 5.74) is 2.01. The Balaban J connectivity index is 2.34. The molecule has 0 spiro atoms.